The van der Waals surface area contributed by atoms with Crippen molar-refractivity contribution in [2.75, 3.05) is 39.3 Å². The van der Waals surface area contributed by atoms with E-state index in [0.717, 1.165) is 58.4 Å². The molecule has 0 aromatic rings. The van der Waals surface area contributed by atoms with Gasteiger partial charge in [-0.3, -0.25) is 14.5 Å². The highest BCUT2D eigenvalue weighted by Crippen LogP contribution is 2.25. The van der Waals surface area contributed by atoms with Crippen LogP contribution in [-0.2, 0) is 9.59 Å². The van der Waals surface area contributed by atoms with Gasteiger partial charge in [0.25, 0.3) is 0 Å². The summed E-state index contributed by atoms with van der Waals surface area (Å²) < 4.78 is 0. The predicted octanol–water partition coefficient (Wildman–Crippen LogP) is 1.63. The lowest BCUT2D eigenvalue weighted by Gasteiger charge is -2.36. The summed E-state index contributed by atoms with van der Waals surface area (Å²) in [6, 6.07) is 0. The van der Waals surface area contributed by atoms with Crippen LogP contribution in [0.4, 0.5) is 0 Å². The molecular formula is C17H31N3O2. The number of nitrogens with one attached hydrogen (secondary N) is 1. The molecule has 1 heterocycles. The van der Waals surface area contributed by atoms with Crippen LogP contribution in [0.5, 0.6) is 0 Å². The third-order valence-corrected chi connectivity index (χ3v) is 4.86. The lowest BCUT2D eigenvalue weighted by atomic mass is 9.88. The molecule has 0 atom stereocenters. The normalized spacial score (nSPS) is 20.9. The Morgan fingerprint density at radius 3 is 2.36 bits per heavy atom. The number of unbranched alkanes of at least 4 members (excludes halogenated alkanes) is 1. The molecule has 2 aliphatic rings. The van der Waals surface area contributed by atoms with Crippen LogP contribution >= 0.6 is 0 Å². The molecule has 1 aliphatic carbocycles. The highest BCUT2D eigenvalue weighted by Gasteiger charge is 2.28. The van der Waals surface area contributed by atoms with Crippen molar-refractivity contribution in [1.29, 1.82) is 0 Å². The van der Waals surface area contributed by atoms with E-state index in [9.17, 15) is 9.59 Å². The van der Waals surface area contributed by atoms with Crippen molar-refractivity contribution in [2.45, 2.75) is 51.9 Å². The maximum Gasteiger partial charge on any atom is 0.234 e. The first kappa shape index (κ1) is 17.3. The summed E-state index contributed by atoms with van der Waals surface area (Å²) in [5, 5.41) is 2.96. The van der Waals surface area contributed by atoms with Gasteiger partial charge in [0.1, 0.15) is 0 Å². The lowest BCUT2D eigenvalue weighted by Crippen LogP contribution is -2.52. The molecule has 2 rings (SSSR count). The van der Waals surface area contributed by atoms with Crippen LogP contribution in [0.15, 0.2) is 0 Å². The first-order chi connectivity index (χ1) is 10.7. The Hall–Kier alpha value is -1.10. The summed E-state index contributed by atoms with van der Waals surface area (Å²) in [5.41, 5.74) is 0. The second-order valence-corrected chi connectivity index (χ2v) is 6.64. The van der Waals surface area contributed by atoms with Gasteiger partial charge in [-0.1, -0.05) is 32.6 Å². The van der Waals surface area contributed by atoms with Gasteiger partial charge < -0.3 is 10.2 Å². The molecule has 1 N–H and O–H groups in total. The Morgan fingerprint density at radius 2 is 1.73 bits per heavy atom. The van der Waals surface area contributed by atoms with Gasteiger partial charge in [0.05, 0.1) is 6.54 Å². The van der Waals surface area contributed by atoms with Crippen LogP contribution in [0.25, 0.3) is 0 Å². The van der Waals surface area contributed by atoms with E-state index in [-0.39, 0.29) is 11.8 Å². The van der Waals surface area contributed by atoms with Gasteiger partial charge in [-0.05, 0) is 19.3 Å². The van der Waals surface area contributed by atoms with Crippen molar-refractivity contribution in [3.63, 3.8) is 0 Å². The molecule has 2 fully saturated rings. The van der Waals surface area contributed by atoms with Crippen molar-refractivity contribution in [1.82, 2.24) is 15.1 Å². The Kier molecular flexibility index (Phi) is 7.16. The SMILES string of the molecule is CCCCNC(=O)CN1CCN(C(=O)C2CCCCC2)CC1. The average Bonchev–Trinajstić information content (AvgIpc) is 2.56. The van der Waals surface area contributed by atoms with E-state index >= 15 is 0 Å². The van der Waals surface area contributed by atoms with Gasteiger partial charge >= 0.3 is 0 Å². The summed E-state index contributed by atoms with van der Waals surface area (Å²) in [5.74, 6) is 0.727. The molecule has 0 radical (unpaired) electrons. The van der Waals surface area contributed by atoms with Crippen LogP contribution < -0.4 is 5.32 Å². The molecule has 5 heteroatoms. The zero-order valence-electron chi connectivity index (χ0n) is 14.0. The monoisotopic (exact) mass is 309 g/mol. The van der Waals surface area contributed by atoms with Crippen LogP contribution in [0.2, 0.25) is 0 Å². The Balaban J connectivity index is 1.66. The molecule has 0 bridgehead atoms. The quantitative estimate of drug-likeness (QED) is 0.759. The maximum absolute atomic E-state index is 12.5. The van der Waals surface area contributed by atoms with Gasteiger partial charge in [0, 0.05) is 38.6 Å². The van der Waals surface area contributed by atoms with E-state index < -0.39 is 0 Å². The fourth-order valence-electron chi connectivity index (χ4n) is 3.40. The number of rotatable bonds is 6. The minimum absolute atomic E-state index is 0.112. The molecule has 1 saturated carbocycles. The van der Waals surface area contributed by atoms with Crippen LogP contribution in [-0.4, -0.2) is 60.9 Å². The fraction of sp³-hybridized carbons (Fsp3) is 0.882. The standard InChI is InChI=1S/C17H31N3O2/c1-2-3-9-18-16(21)14-19-10-12-20(13-11-19)17(22)15-7-5-4-6-8-15/h15H,2-14H2,1H3,(H,18,21). The average molecular weight is 309 g/mol. The van der Waals surface area contributed by atoms with E-state index in [1.807, 2.05) is 4.90 Å². The highest BCUT2D eigenvalue weighted by molar-refractivity contribution is 5.79. The summed E-state index contributed by atoms with van der Waals surface area (Å²) in [7, 11) is 0. The molecule has 0 aromatic heterocycles. The van der Waals surface area contributed by atoms with E-state index in [1.54, 1.807) is 0 Å². The Labute approximate surface area is 134 Å². The number of carbonyl (C=O) groups is 2. The van der Waals surface area contributed by atoms with E-state index in [4.69, 9.17) is 0 Å². The van der Waals surface area contributed by atoms with Crippen molar-refractivity contribution < 1.29 is 9.59 Å². The minimum atomic E-state index is 0.112. The van der Waals surface area contributed by atoms with Crippen molar-refractivity contribution >= 4 is 11.8 Å². The summed E-state index contributed by atoms with van der Waals surface area (Å²) in [4.78, 5) is 28.5. The van der Waals surface area contributed by atoms with Crippen molar-refractivity contribution in [2.24, 2.45) is 5.92 Å². The number of amides is 2. The zero-order valence-corrected chi connectivity index (χ0v) is 14.0. The summed E-state index contributed by atoms with van der Waals surface area (Å²) in [6.07, 6.45) is 7.96. The first-order valence-electron chi connectivity index (χ1n) is 8.98. The number of carbonyl (C=O) groups excluding carboxylic acids is 2. The van der Waals surface area contributed by atoms with Crippen LogP contribution in [0.1, 0.15) is 51.9 Å². The Bertz CT molecular complexity index is 359. The lowest BCUT2D eigenvalue weighted by molar-refractivity contribution is -0.138. The molecule has 5 nitrogen and oxygen atoms in total. The second kappa shape index (κ2) is 9.13. The summed E-state index contributed by atoms with van der Waals surface area (Å²) >= 11 is 0. The molecule has 1 saturated heterocycles. The van der Waals surface area contributed by atoms with Crippen LogP contribution in [0, 0.1) is 5.92 Å². The van der Waals surface area contributed by atoms with Crippen molar-refractivity contribution in [3.05, 3.63) is 0 Å². The number of nitrogens with zero attached hydrogens (tertiary/aromatic N) is 2. The van der Waals surface area contributed by atoms with Gasteiger partial charge in [-0.2, -0.15) is 0 Å². The minimum Gasteiger partial charge on any atom is -0.355 e. The van der Waals surface area contributed by atoms with E-state index in [1.165, 1.54) is 19.3 Å². The molecule has 126 valence electrons. The predicted molar refractivity (Wildman–Crippen MR) is 87.5 cm³/mol. The first-order valence-corrected chi connectivity index (χ1v) is 8.98. The van der Waals surface area contributed by atoms with Gasteiger partial charge in [-0.25, -0.2) is 0 Å². The van der Waals surface area contributed by atoms with E-state index in [2.05, 4.69) is 17.1 Å². The number of hydrogen-bond donors (Lipinski definition) is 1. The molecule has 0 spiro atoms. The third-order valence-electron chi connectivity index (χ3n) is 4.86. The molecule has 0 aromatic carbocycles. The van der Waals surface area contributed by atoms with Crippen LogP contribution in [0.3, 0.4) is 0 Å². The van der Waals surface area contributed by atoms with Gasteiger partial charge in [-0.15, -0.1) is 0 Å². The fourth-order valence-corrected chi connectivity index (χ4v) is 3.40. The second-order valence-electron chi connectivity index (χ2n) is 6.64. The number of hydrogen-bond acceptors (Lipinski definition) is 3. The molecule has 1 aliphatic heterocycles. The van der Waals surface area contributed by atoms with E-state index in [0.29, 0.717) is 12.5 Å². The van der Waals surface area contributed by atoms with Gasteiger partial charge in [0.2, 0.25) is 11.8 Å². The summed E-state index contributed by atoms with van der Waals surface area (Å²) in [6.45, 7) is 6.55. The topological polar surface area (TPSA) is 52.7 Å². The maximum atomic E-state index is 12.5. The molecule has 2 amide bonds. The molecule has 22 heavy (non-hydrogen) atoms. The zero-order chi connectivity index (χ0) is 15.8. The van der Waals surface area contributed by atoms with Gasteiger partial charge in [0.15, 0.2) is 0 Å². The smallest absolute Gasteiger partial charge is 0.234 e. The number of piperazine rings is 1. The Morgan fingerprint density at radius 1 is 1.05 bits per heavy atom. The molecular weight excluding hydrogens is 278 g/mol. The molecule has 0 unspecified atom stereocenters. The highest BCUT2D eigenvalue weighted by atomic mass is 16.2. The largest absolute Gasteiger partial charge is 0.355 e. The van der Waals surface area contributed by atoms with Crippen molar-refractivity contribution in [3.8, 4) is 0 Å². The third kappa shape index (κ3) is 5.27.